The third kappa shape index (κ3) is 3.93. The molecule has 0 saturated carbocycles. The maximum absolute atomic E-state index is 12.7. The highest BCUT2D eigenvalue weighted by atomic mass is 32.1. The van der Waals surface area contributed by atoms with Gasteiger partial charge in [-0.1, -0.05) is 12.1 Å². The number of rotatable bonds is 4. The van der Waals surface area contributed by atoms with Crippen molar-refractivity contribution in [3.05, 3.63) is 50.7 Å². The van der Waals surface area contributed by atoms with Crippen LogP contribution in [0.1, 0.15) is 44.8 Å². The Labute approximate surface area is 152 Å². The van der Waals surface area contributed by atoms with Gasteiger partial charge >= 0.3 is 0 Å². The monoisotopic (exact) mass is 356 g/mol. The van der Waals surface area contributed by atoms with Crippen LogP contribution in [0.25, 0.3) is 0 Å². The molecule has 132 valence electrons. The van der Waals surface area contributed by atoms with Crippen molar-refractivity contribution in [1.82, 2.24) is 4.90 Å². The number of carbonyl (C=O) groups is 2. The molecule has 2 aromatic rings. The van der Waals surface area contributed by atoms with E-state index in [0.29, 0.717) is 0 Å². The summed E-state index contributed by atoms with van der Waals surface area (Å²) >= 11 is 1.67. The van der Waals surface area contributed by atoms with E-state index in [-0.39, 0.29) is 18.4 Å². The number of aryl methyl sites for hydroxylation is 3. The average Bonchev–Trinajstić information content (AvgIpc) is 3.01. The van der Waals surface area contributed by atoms with Crippen molar-refractivity contribution < 1.29 is 9.59 Å². The van der Waals surface area contributed by atoms with Gasteiger partial charge in [0.05, 0.1) is 12.1 Å². The lowest BCUT2D eigenvalue weighted by molar-refractivity contribution is -0.116. The Kier molecular flexibility index (Phi) is 5.23. The molecule has 1 N–H and O–H groups in total. The number of likely N-dealkylation sites (N-methyl/N-ethyl adjacent to an activating group) is 1. The minimum atomic E-state index is -0.173. The zero-order valence-corrected chi connectivity index (χ0v) is 15.8. The zero-order valence-electron chi connectivity index (χ0n) is 15.0. The fraction of sp³-hybridized carbons (Fsp3) is 0.400. The van der Waals surface area contributed by atoms with E-state index in [0.717, 1.165) is 41.6 Å². The Morgan fingerprint density at radius 1 is 1.20 bits per heavy atom. The molecule has 0 aliphatic heterocycles. The number of hydrogen-bond donors (Lipinski definition) is 1. The molecule has 1 aliphatic rings. The third-order valence-electron chi connectivity index (χ3n) is 4.69. The molecule has 4 nitrogen and oxygen atoms in total. The number of hydrogen-bond acceptors (Lipinski definition) is 3. The molecule has 1 heterocycles. The normalized spacial score (nSPS) is 13.2. The summed E-state index contributed by atoms with van der Waals surface area (Å²) in [6, 6.07) is 5.95. The van der Waals surface area contributed by atoms with Gasteiger partial charge in [0.25, 0.3) is 5.91 Å². The quantitative estimate of drug-likeness (QED) is 0.902. The lowest BCUT2D eigenvalue weighted by Crippen LogP contribution is -2.35. The van der Waals surface area contributed by atoms with Crippen molar-refractivity contribution in [3.63, 3.8) is 0 Å². The molecule has 5 heteroatoms. The Morgan fingerprint density at radius 3 is 2.76 bits per heavy atom. The molecular weight excluding hydrogens is 332 g/mol. The second-order valence-electron chi connectivity index (χ2n) is 6.79. The van der Waals surface area contributed by atoms with Gasteiger partial charge in [-0.2, -0.15) is 0 Å². The van der Waals surface area contributed by atoms with E-state index >= 15 is 0 Å². The van der Waals surface area contributed by atoms with E-state index in [2.05, 4.69) is 5.32 Å². The fourth-order valence-electron chi connectivity index (χ4n) is 3.23. The molecule has 0 atom stereocenters. The number of anilines is 1. The summed E-state index contributed by atoms with van der Waals surface area (Å²) < 4.78 is 0. The Morgan fingerprint density at radius 2 is 1.96 bits per heavy atom. The van der Waals surface area contributed by atoms with Gasteiger partial charge in [-0.05, 0) is 62.3 Å². The van der Waals surface area contributed by atoms with E-state index in [1.807, 2.05) is 37.4 Å². The van der Waals surface area contributed by atoms with Crippen LogP contribution in [-0.2, 0) is 17.6 Å². The Bertz CT molecular complexity index is 810. The van der Waals surface area contributed by atoms with Crippen molar-refractivity contribution in [1.29, 1.82) is 0 Å². The second kappa shape index (κ2) is 7.40. The second-order valence-corrected chi connectivity index (χ2v) is 7.75. The Hall–Kier alpha value is -2.14. The maximum Gasteiger partial charge on any atom is 0.255 e. The van der Waals surface area contributed by atoms with Crippen LogP contribution in [-0.4, -0.2) is 30.3 Å². The summed E-state index contributed by atoms with van der Waals surface area (Å²) in [4.78, 5) is 27.9. The summed E-state index contributed by atoms with van der Waals surface area (Å²) in [6.45, 7) is 4.00. The molecule has 0 radical (unpaired) electrons. The van der Waals surface area contributed by atoms with Crippen LogP contribution in [0.15, 0.2) is 23.6 Å². The molecule has 0 spiro atoms. The van der Waals surface area contributed by atoms with Crippen LogP contribution < -0.4 is 5.32 Å². The summed E-state index contributed by atoms with van der Waals surface area (Å²) in [5, 5.41) is 4.87. The van der Waals surface area contributed by atoms with Crippen molar-refractivity contribution in [3.8, 4) is 0 Å². The van der Waals surface area contributed by atoms with E-state index in [4.69, 9.17) is 0 Å². The smallest absolute Gasteiger partial charge is 0.255 e. The standard InChI is InChI=1S/C20H24N2O2S/c1-13-8-9-14(2)17(10-13)21-19(23)11-22(3)20(24)16-12-25-18-7-5-4-6-15(16)18/h8-10,12H,4-7,11H2,1-3H3,(H,21,23). The molecule has 3 rings (SSSR count). The van der Waals surface area contributed by atoms with Gasteiger partial charge in [0, 0.05) is 23.0 Å². The van der Waals surface area contributed by atoms with Gasteiger partial charge in [0.15, 0.2) is 0 Å². The number of nitrogens with one attached hydrogen (secondary N) is 1. The van der Waals surface area contributed by atoms with E-state index < -0.39 is 0 Å². The highest BCUT2D eigenvalue weighted by molar-refractivity contribution is 7.10. The van der Waals surface area contributed by atoms with Gasteiger partial charge in [-0.25, -0.2) is 0 Å². The molecule has 0 bridgehead atoms. The molecule has 1 aromatic carbocycles. The number of amides is 2. The summed E-state index contributed by atoms with van der Waals surface area (Å²) in [5.41, 5.74) is 4.89. The zero-order chi connectivity index (χ0) is 18.0. The van der Waals surface area contributed by atoms with E-state index in [1.54, 1.807) is 18.4 Å². The van der Waals surface area contributed by atoms with Crippen LogP contribution in [0.5, 0.6) is 0 Å². The largest absolute Gasteiger partial charge is 0.332 e. The van der Waals surface area contributed by atoms with Gasteiger partial charge in [-0.15, -0.1) is 11.3 Å². The summed E-state index contributed by atoms with van der Waals surface area (Å²) in [7, 11) is 1.69. The molecule has 0 fully saturated rings. The predicted octanol–water partition coefficient (Wildman–Crippen LogP) is 3.95. The van der Waals surface area contributed by atoms with Gasteiger partial charge in [0.2, 0.25) is 5.91 Å². The number of carbonyl (C=O) groups excluding carboxylic acids is 2. The minimum Gasteiger partial charge on any atom is -0.332 e. The number of fused-ring (bicyclic) bond motifs is 1. The highest BCUT2D eigenvalue weighted by Gasteiger charge is 2.23. The average molecular weight is 356 g/mol. The highest BCUT2D eigenvalue weighted by Crippen LogP contribution is 2.30. The topological polar surface area (TPSA) is 49.4 Å². The van der Waals surface area contributed by atoms with Crippen molar-refractivity contribution >= 4 is 28.8 Å². The molecule has 0 saturated heterocycles. The summed E-state index contributed by atoms with van der Waals surface area (Å²) in [6.07, 6.45) is 4.39. The SMILES string of the molecule is Cc1ccc(C)c(NC(=O)CN(C)C(=O)c2csc3c2CCCC3)c1. The first-order valence-corrected chi connectivity index (χ1v) is 9.55. The van der Waals surface area contributed by atoms with E-state index in [9.17, 15) is 9.59 Å². The first-order valence-electron chi connectivity index (χ1n) is 8.67. The van der Waals surface area contributed by atoms with Crippen molar-refractivity contribution in [2.45, 2.75) is 39.5 Å². The maximum atomic E-state index is 12.7. The van der Waals surface area contributed by atoms with Gasteiger partial charge in [0.1, 0.15) is 0 Å². The molecule has 0 unspecified atom stereocenters. The first-order chi connectivity index (χ1) is 12.0. The molecule has 25 heavy (non-hydrogen) atoms. The summed E-state index contributed by atoms with van der Waals surface area (Å²) in [5.74, 6) is -0.232. The van der Waals surface area contributed by atoms with Crippen LogP contribution in [0.3, 0.4) is 0 Å². The van der Waals surface area contributed by atoms with E-state index in [1.165, 1.54) is 21.8 Å². The lowest BCUT2D eigenvalue weighted by Gasteiger charge is -2.19. The Balaban J connectivity index is 1.66. The van der Waals surface area contributed by atoms with Crippen molar-refractivity contribution in [2.24, 2.45) is 0 Å². The molecular formula is C20H24N2O2S. The van der Waals surface area contributed by atoms with Crippen molar-refractivity contribution in [2.75, 3.05) is 18.9 Å². The lowest BCUT2D eigenvalue weighted by atomic mass is 9.95. The molecule has 1 aliphatic carbocycles. The third-order valence-corrected chi connectivity index (χ3v) is 5.77. The predicted molar refractivity (Wildman–Crippen MR) is 102 cm³/mol. The fourth-order valence-corrected chi connectivity index (χ4v) is 4.35. The van der Waals surface area contributed by atoms with Gasteiger partial charge < -0.3 is 10.2 Å². The number of thiophene rings is 1. The van der Waals surface area contributed by atoms with Crippen LogP contribution >= 0.6 is 11.3 Å². The van der Waals surface area contributed by atoms with Crippen LogP contribution in [0.4, 0.5) is 5.69 Å². The number of nitrogens with zero attached hydrogens (tertiary/aromatic N) is 1. The molecule has 2 amide bonds. The molecule has 1 aromatic heterocycles. The van der Waals surface area contributed by atoms with Crippen LogP contribution in [0, 0.1) is 13.8 Å². The van der Waals surface area contributed by atoms with Gasteiger partial charge in [-0.3, -0.25) is 9.59 Å². The minimum absolute atomic E-state index is 0.0524. The van der Waals surface area contributed by atoms with Crippen LogP contribution in [0.2, 0.25) is 0 Å². The number of benzene rings is 1. The first kappa shape index (κ1) is 17.7.